The van der Waals surface area contributed by atoms with Crippen molar-refractivity contribution in [3.05, 3.63) is 22.4 Å². The fraction of sp³-hybridized carbons (Fsp3) is 0.615. The van der Waals surface area contributed by atoms with Crippen LogP contribution in [0.4, 0.5) is 0 Å². The number of carbonyl (C=O) groups excluding carboxylic acids is 1. The van der Waals surface area contributed by atoms with Gasteiger partial charge in [0.25, 0.3) is 0 Å². The second kappa shape index (κ2) is 5.65. The Morgan fingerprint density at radius 3 is 2.94 bits per heavy atom. The maximum Gasteiger partial charge on any atom is 0.224 e. The minimum absolute atomic E-state index is 0.142. The molecule has 1 aromatic heterocycles. The molecule has 0 saturated carbocycles. The van der Waals surface area contributed by atoms with Crippen LogP contribution in [0.15, 0.2) is 16.8 Å². The van der Waals surface area contributed by atoms with Crippen molar-refractivity contribution in [3.63, 3.8) is 0 Å². The van der Waals surface area contributed by atoms with Crippen molar-refractivity contribution >= 4 is 17.2 Å². The van der Waals surface area contributed by atoms with Gasteiger partial charge in [-0.15, -0.1) is 0 Å². The van der Waals surface area contributed by atoms with Crippen LogP contribution in [-0.4, -0.2) is 25.5 Å². The number of hydrogen-bond donors (Lipinski definition) is 2. The summed E-state index contributed by atoms with van der Waals surface area (Å²) in [6.45, 7) is 5.20. The normalized spacial score (nSPS) is 18.9. The zero-order chi connectivity index (χ0) is 12.1. The second-order valence-corrected chi connectivity index (χ2v) is 5.93. The van der Waals surface area contributed by atoms with Gasteiger partial charge in [0, 0.05) is 6.54 Å². The Bertz CT molecular complexity index is 356. The van der Waals surface area contributed by atoms with Gasteiger partial charge in [-0.1, -0.05) is 6.92 Å². The fourth-order valence-corrected chi connectivity index (χ4v) is 2.83. The highest BCUT2D eigenvalue weighted by atomic mass is 32.1. The molecule has 1 aliphatic rings. The summed E-state index contributed by atoms with van der Waals surface area (Å²) < 4.78 is 0. The van der Waals surface area contributed by atoms with Crippen LogP contribution < -0.4 is 10.6 Å². The second-order valence-electron chi connectivity index (χ2n) is 5.15. The molecule has 1 amide bonds. The van der Waals surface area contributed by atoms with Crippen molar-refractivity contribution < 1.29 is 4.79 Å². The standard InChI is InChI=1S/C13H20N2OS/c1-13(3-5-14-6-4-13)10-15-12(16)8-11-2-7-17-9-11/h2,7,9,14H,3-6,8,10H2,1H3,(H,15,16). The summed E-state index contributed by atoms with van der Waals surface area (Å²) in [7, 11) is 0. The number of carbonyl (C=O) groups is 1. The topological polar surface area (TPSA) is 41.1 Å². The Kier molecular flexibility index (Phi) is 4.18. The molecule has 1 saturated heterocycles. The molecule has 1 aromatic rings. The van der Waals surface area contributed by atoms with E-state index in [2.05, 4.69) is 17.6 Å². The number of amides is 1. The van der Waals surface area contributed by atoms with E-state index in [0.717, 1.165) is 38.0 Å². The lowest BCUT2D eigenvalue weighted by atomic mass is 9.81. The van der Waals surface area contributed by atoms with E-state index in [4.69, 9.17) is 0 Å². The molecule has 0 aliphatic carbocycles. The Morgan fingerprint density at radius 1 is 1.53 bits per heavy atom. The molecule has 0 bridgehead atoms. The zero-order valence-electron chi connectivity index (χ0n) is 10.3. The number of hydrogen-bond acceptors (Lipinski definition) is 3. The molecular formula is C13H20N2OS. The zero-order valence-corrected chi connectivity index (χ0v) is 11.1. The minimum atomic E-state index is 0.142. The number of nitrogens with one attached hydrogen (secondary N) is 2. The van der Waals surface area contributed by atoms with Crippen molar-refractivity contribution in [3.8, 4) is 0 Å². The Morgan fingerprint density at radius 2 is 2.29 bits per heavy atom. The summed E-state index contributed by atoms with van der Waals surface area (Å²) in [5.41, 5.74) is 1.39. The van der Waals surface area contributed by atoms with E-state index < -0.39 is 0 Å². The van der Waals surface area contributed by atoms with Crippen LogP contribution in [0.5, 0.6) is 0 Å². The lowest BCUT2D eigenvalue weighted by Crippen LogP contribution is -2.43. The molecule has 0 atom stereocenters. The first kappa shape index (κ1) is 12.6. The van der Waals surface area contributed by atoms with Gasteiger partial charge < -0.3 is 10.6 Å². The van der Waals surface area contributed by atoms with Gasteiger partial charge in [0.2, 0.25) is 5.91 Å². The first-order chi connectivity index (χ1) is 8.18. The molecular weight excluding hydrogens is 232 g/mol. The molecule has 1 aliphatic heterocycles. The first-order valence-corrected chi connectivity index (χ1v) is 7.11. The SMILES string of the molecule is CC1(CNC(=O)Cc2ccsc2)CCNCC1. The molecule has 2 heterocycles. The summed E-state index contributed by atoms with van der Waals surface area (Å²) in [5.74, 6) is 0.142. The monoisotopic (exact) mass is 252 g/mol. The molecule has 1 fully saturated rings. The fourth-order valence-electron chi connectivity index (χ4n) is 2.16. The van der Waals surface area contributed by atoms with Gasteiger partial charge in [-0.3, -0.25) is 4.79 Å². The van der Waals surface area contributed by atoms with E-state index in [1.165, 1.54) is 0 Å². The summed E-state index contributed by atoms with van der Waals surface area (Å²) in [6, 6.07) is 2.01. The predicted molar refractivity (Wildman–Crippen MR) is 71.2 cm³/mol. The van der Waals surface area contributed by atoms with Crippen molar-refractivity contribution in [1.29, 1.82) is 0 Å². The average Bonchev–Trinajstić information content (AvgIpc) is 2.80. The van der Waals surface area contributed by atoms with Gasteiger partial charge in [0.05, 0.1) is 6.42 Å². The Hall–Kier alpha value is -0.870. The molecule has 0 radical (unpaired) electrons. The third kappa shape index (κ3) is 3.82. The van der Waals surface area contributed by atoms with Crippen LogP contribution in [0.1, 0.15) is 25.3 Å². The van der Waals surface area contributed by atoms with E-state index in [1.54, 1.807) is 11.3 Å². The van der Waals surface area contributed by atoms with Crippen LogP contribution in [0.2, 0.25) is 0 Å². The van der Waals surface area contributed by atoms with Gasteiger partial charge in [0.15, 0.2) is 0 Å². The third-order valence-electron chi connectivity index (χ3n) is 3.47. The minimum Gasteiger partial charge on any atom is -0.355 e. The molecule has 0 spiro atoms. The van der Waals surface area contributed by atoms with Gasteiger partial charge in [0.1, 0.15) is 0 Å². The molecule has 94 valence electrons. The van der Waals surface area contributed by atoms with Crippen LogP contribution in [0.3, 0.4) is 0 Å². The number of rotatable bonds is 4. The predicted octanol–water partition coefficient (Wildman–Crippen LogP) is 1.80. The highest BCUT2D eigenvalue weighted by Crippen LogP contribution is 2.26. The summed E-state index contributed by atoms with van der Waals surface area (Å²) >= 11 is 1.64. The summed E-state index contributed by atoms with van der Waals surface area (Å²) in [6.07, 6.45) is 2.80. The van der Waals surface area contributed by atoms with E-state index in [0.29, 0.717) is 6.42 Å². The molecule has 0 aromatic carbocycles. The molecule has 2 N–H and O–H groups in total. The Labute approximate surface area is 107 Å². The first-order valence-electron chi connectivity index (χ1n) is 6.16. The maximum absolute atomic E-state index is 11.8. The van der Waals surface area contributed by atoms with E-state index >= 15 is 0 Å². The molecule has 3 nitrogen and oxygen atoms in total. The molecule has 17 heavy (non-hydrogen) atoms. The van der Waals surface area contributed by atoms with Crippen LogP contribution in [0, 0.1) is 5.41 Å². The lowest BCUT2D eigenvalue weighted by Gasteiger charge is -2.34. The summed E-state index contributed by atoms with van der Waals surface area (Å²) in [4.78, 5) is 11.8. The van der Waals surface area contributed by atoms with Gasteiger partial charge >= 0.3 is 0 Å². The quantitative estimate of drug-likeness (QED) is 0.858. The van der Waals surface area contributed by atoms with E-state index in [9.17, 15) is 4.79 Å². The van der Waals surface area contributed by atoms with E-state index in [1.807, 2.05) is 16.8 Å². The van der Waals surface area contributed by atoms with Crippen molar-refractivity contribution in [1.82, 2.24) is 10.6 Å². The van der Waals surface area contributed by atoms with Crippen LogP contribution in [-0.2, 0) is 11.2 Å². The van der Waals surface area contributed by atoms with Crippen molar-refractivity contribution in [2.75, 3.05) is 19.6 Å². The van der Waals surface area contributed by atoms with Crippen molar-refractivity contribution in [2.45, 2.75) is 26.2 Å². The maximum atomic E-state index is 11.8. The van der Waals surface area contributed by atoms with Crippen molar-refractivity contribution in [2.24, 2.45) is 5.41 Å². The van der Waals surface area contributed by atoms with Gasteiger partial charge in [-0.05, 0) is 53.7 Å². The highest BCUT2D eigenvalue weighted by molar-refractivity contribution is 7.07. The molecule has 0 unspecified atom stereocenters. The largest absolute Gasteiger partial charge is 0.355 e. The summed E-state index contributed by atoms with van der Waals surface area (Å²) in [5, 5.41) is 10.5. The third-order valence-corrected chi connectivity index (χ3v) is 4.20. The Balaban J connectivity index is 1.75. The lowest BCUT2D eigenvalue weighted by molar-refractivity contribution is -0.121. The van der Waals surface area contributed by atoms with Crippen LogP contribution >= 0.6 is 11.3 Å². The van der Waals surface area contributed by atoms with Gasteiger partial charge in [-0.25, -0.2) is 0 Å². The van der Waals surface area contributed by atoms with E-state index in [-0.39, 0.29) is 11.3 Å². The van der Waals surface area contributed by atoms with Gasteiger partial charge in [-0.2, -0.15) is 11.3 Å². The average molecular weight is 252 g/mol. The molecule has 4 heteroatoms. The number of thiophene rings is 1. The smallest absolute Gasteiger partial charge is 0.224 e. The number of piperidine rings is 1. The van der Waals surface area contributed by atoms with Crippen LogP contribution in [0.25, 0.3) is 0 Å². The molecule has 2 rings (SSSR count). The highest BCUT2D eigenvalue weighted by Gasteiger charge is 2.26.